The number of rotatable bonds is 6. The van der Waals surface area contributed by atoms with Crippen LogP contribution in [0.25, 0.3) is 32.5 Å². The molecule has 0 spiro atoms. The van der Waals surface area contributed by atoms with Crippen molar-refractivity contribution in [2.45, 2.75) is 39.5 Å². The number of benzene rings is 2. The Hall–Kier alpha value is -5.29. The number of ether oxygens (including phenoxy) is 1. The van der Waals surface area contributed by atoms with Gasteiger partial charge < -0.3 is 15.0 Å². The zero-order valence-corrected chi connectivity index (χ0v) is 26.8. The van der Waals surface area contributed by atoms with E-state index in [4.69, 9.17) is 17.9 Å². The molecule has 2 aromatic carbocycles. The predicted molar refractivity (Wildman–Crippen MR) is 173 cm³/mol. The first-order chi connectivity index (χ1) is 22.7. The molecular formula is C31H38N14O2. The summed E-state index contributed by atoms with van der Waals surface area (Å²) in [6.07, 6.45) is -0.268. The summed E-state index contributed by atoms with van der Waals surface area (Å²) in [7, 11) is 0. The van der Waals surface area contributed by atoms with Crippen LogP contribution in [0.1, 0.15) is 31.9 Å². The number of carbonyl (C=O) groups excluding carboxylic acids is 1. The second-order valence-electron chi connectivity index (χ2n) is 12.1. The third-order valence-corrected chi connectivity index (χ3v) is 7.64. The minimum absolute atomic E-state index is 0.268. The third-order valence-electron chi connectivity index (χ3n) is 7.64. The fourth-order valence-corrected chi connectivity index (χ4v) is 5.28. The summed E-state index contributed by atoms with van der Waals surface area (Å²) in [6.45, 7) is 28.3. The Morgan fingerprint density at radius 2 is 1.28 bits per heavy atom. The molecule has 0 saturated carbocycles. The van der Waals surface area contributed by atoms with E-state index in [1.54, 1.807) is 17.0 Å². The van der Waals surface area contributed by atoms with Crippen molar-refractivity contribution < 1.29 is 9.53 Å². The van der Waals surface area contributed by atoms with Gasteiger partial charge in [-0.25, -0.2) is 14.5 Å². The molecule has 2 aliphatic rings. The van der Waals surface area contributed by atoms with E-state index in [0.717, 1.165) is 68.1 Å². The quantitative estimate of drug-likeness (QED) is 0.265. The van der Waals surface area contributed by atoms with Gasteiger partial charge in [0, 0.05) is 76.6 Å². The summed E-state index contributed by atoms with van der Waals surface area (Å²) in [5.41, 5.74) is 4.47. The van der Waals surface area contributed by atoms with Gasteiger partial charge in [-0.15, -0.1) is 20.4 Å². The highest BCUT2D eigenvalue weighted by molar-refractivity contribution is 5.69. The lowest BCUT2D eigenvalue weighted by molar-refractivity contribution is 0.0139. The average molecular weight is 639 g/mol. The van der Waals surface area contributed by atoms with Crippen LogP contribution < -0.4 is 5.32 Å². The molecular weight excluding hydrogens is 600 g/mol. The van der Waals surface area contributed by atoms with Crippen molar-refractivity contribution in [3.63, 3.8) is 0 Å². The smallest absolute Gasteiger partial charge is 0.410 e. The topological polar surface area (TPSA) is 166 Å². The van der Waals surface area contributed by atoms with Crippen LogP contribution in [0.15, 0.2) is 36.4 Å². The van der Waals surface area contributed by atoms with Crippen molar-refractivity contribution in [2.24, 2.45) is 0 Å². The molecule has 2 aliphatic heterocycles. The summed E-state index contributed by atoms with van der Waals surface area (Å²) >= 11 is 0. The number of nitrogens with one attached hydrogen (secondary N) is 3. The molecule has 3 N–H and O–H groups in total. The Labute approximate surface area is 273 Å². The molecule has 2 aromatic heterocycles. The minimum Gasteiger partial charge on any atom is -0.444 e. The van der Waals surface area contributed by atoms with Gasteiger partial charge in [-0.3, -0.25) is 9.80 Å². The maximum atomic E-state index is 12.2. The number of H-pyrrole nitrogens is 2. The van der Waals surface area contributed by atoms with Gasteiger partial charge in [0.2, 0.25) is 11.6 Å². The molecule has 16 heteroatoms. The summed E-state index contributed by atoms with van der Waals surface area (Å²) in [5.74, 6) is 1.02. The van der Waals surface area contributed by atoms with Crippen LogP contribution in [0.5, 0.6) is 0 Å². The van der Waals surface area contributed by atoms with Crippen molar-refractivity contribution in [1.82, 2.24) is 61.3 Å². The van der Waals surface area contributed by atoms with Gasteiger partial charge in [0.15, 0.2) is 11.4 Å². The molecule has 2 fully saturated rings. The number of amides is 1. The summed E-state index contributed by atoms with van der Waals surface area (Å²) in [4.78, 5) is 25.5. The van der Waals surface area contributed by atoms with Gasteiger partial charge >= 0.3 is 6.09 Å². The predicted octanol–water partition coefficient (Wildman–Crippen LogP) is 3.29. The first kappa shape index (κ1) is 33.1. The third kappa shape index (κ3) is 9.14. The molecule has 2 saturated heterocycles. The lowest BCUT2D eigenvalue weighted by atomic mass is 10.0. The van der Waals surface area contributed by atoms with E-state index in [2.05, 4.69) is 66.1 Å². The zero-order chi connectivity index (χ0) is 33.2. The number of aromatic nitrogens is 8. The zero-order valence-electron chi connectivity index (χ0n) is 26.8. The van der Waals surface area contributed by atoms with Crippen LogP contribution in [-0.4, -0.2) is 120 Å². The number of hydrogen-bond acceptors (Lipinski definition) is 11. The summed E-state index contributed by atoms with van der Waals surface area (Å²) in [5, 5.41) is 31.6. The van der Waals surface area contributed by atoms with E-state index < -0.39 is 5.60 Å². The van der Waals surface area contributed by atoms with Crippen molar-refractivity contribution in [3.05, 3.63) is 70.4 Å². The molecule has 244 valence electrons. The Morgan fingerprint density at radius 1 is 0.787 bits per heavy atom. The average Bonchev–Trinajstić information content (AvgIpc) is 3.81. The molecule has 0 bridgehead atoms. The lowest BCUT2D eigenvalue weighted by Crippen LogP contribution is -2.49. The Bertz CT molecular complexity index is 1690. The van der Waals surface area contributed by atoms with Crippen LogP contribution in [0.2, 0.25) is 0 Å². The van der Waals surface area contributed by atoms with Gasteiger partial charge in [0.05, 0.1) is 13.1 Å². The number of nitrogens with zero attached hydrogens (tertiary/aromatic N) is 11. The van der Waals surface area contributed by atoms with Crippen LogP contribution in [-0.2, 0) is 17.8 Å². The number of carbonyl (C=O) groups is 1. The highest BCUT2D eigenvalue weighted by atomic mass is 16.6. The lowest BCUT2D eigenvalue weighted by Gasteiger charge is -2.35. The minimum atomic E-state index is -0.488. The largest absolute Gasteiger partial charge is 0.444 e. The van der Waals surface area contributed by atoms with E-state index >= 15 is 0 Å². The molecule has 4 heterocycles. The highest BCUT2D eigenvalue weighted by Gasteiger charge is 2.26. The maximum absolute atomic E-state index is 12.2. The van der Waals surface area contributed by atoms with E-state index in [1.807, 2.05) is 45.0 Å². The number of hydrogen-bond donors (Lipinski definition) is 3. The fraction of sp³-hybridized carbons (Fsp3) is 0.452. The Morgan fingerprint density at radius 3 is 1.70 bits per heavy atom. The molecule has 0 atom stereocenters. The van der Waals surface area contributed by atoms with Crippen LogP contribution in [0, 0.1) is 13.1 Å². The molecule has 0 unspecified atom stereocenters. The van der Waals surface area contributed by atoms with Gasteiger partial charge in [-0.2, -0.15) is 10.4 Å². The van der Waals surface area contributed by atoms with Gasteiger partial charge in [-0.05, 0) is 54.5 Å². The Kier molecular flexibility index (Phi) is 10.8. The molecule has 47 heavy (non-hydrogen) atoms. The Balaban J connectivity index is 0.000000193. The number of piperazine rings is 2. The SMILES string of the molecule is [C-]#[N+]c1ccc(CN2CCN(C(=O)OC(C)(C)C)CC2)c(-c2nn[nH]n2)c1.[C-]#[N+]c1ccc(CN2CCNCC2)c(-c2nn[nH]n2)c1. The normalized spacial score (nSPS) is 15.6. The van der Waals surface area contributed by atoms with E-state index in [0.29, 0.717) is 42.7 Å². The van der Waals surface area contributed by atoms with Gasteiger partial charge in [0.1, 0.15) is 5.60 Å². The fourth-order valence-electron chi connectivity index (χ4n) is 5.28. The summed E-state index contributed by atoms with van der Waals surface area (Å²) in [6, 6.07) is 11.2. The molecule has 1 amide bonds. The van der Waals surface area contributed by atoms with Crippen molar-refractivity contribution in [2.75, 3.05) is 52.4 Å². The van der Waals surface area contributed by atoms with Crippen LogP contribution >= 0.6 is 0 Å². The van der Waals surface area contributed by atoms with E-state index in [9.17, 15) is 4.79 Å². The first-order valence-corrected chi connectivity index (χ1v) is 15.3. The van der Waals surface area contributed by atoms with Gasteiger partial charge in [0.25, 0.3) is 0 Å². The number of aromatic amines is 2. The second kappa shape index (κ2) is 15.3. The standard InChI is InChI=1S/C18H23N7O2.C13H15N7/c1-18(2,3)27-17(26)25-9-7-24(8-10-25)12-13-5-6-14(19-4)11-15(13)16-20-22-23-21-16;1-14-11-3-2-10(9-20-6-4-15-5-7-20)12(8-11)13-16-18-19-17-13/h5-6,11H,7-10,12H2,1-3H3,(H,20,21,22,23);2-3,8,15H,4-7,9H2,(H,16,17,18,19). The number of tetrazole rings is 2. The highest BCUT2D eigenvalue weighted by Crippen LogP contribution is 2.28. The second-order valence-corrected chi connectivity index (χ2v) is 12.1. The van der Waals surface area contributed by atoms with E-state index in [-0.39, 0.29) is 6.09 Å². The van der Waals surface area contributed by atoms with Crippen molar-refractivity contribution >= 4 is 17.5 Å². The molecule has 0 radical (unpaired) electrons. The maximum Gasteiger partial charge on any atom is 0.410 e. The van der Waals surface area contributed by atoms with Crippen LogP contribution in [0.4, 0.5) is 16.2 Å². The molecule has 6 rings (SSSR count). The first-order valence-electron chi connectivity index (χ1n) is 15.3. The summed E-state index contributed by atoms with van der Waals surface area (Å²) < 4.78 is 5.44. The van der Waals surface area contributed by atoms with Crippen molar-refractivity contribution in [1.29, 1.82) is 0 Å². The molecule has 0 aliphatic carbocycles. The van der Waals surface area contributed by atoms with E-state index in [1.165, 1.54) is 0 Å². The monoisotopic (exact) mass is 638 g/mol. The molecule has 4 aromatic rings. The van der Waals surface area contributed by atoms with Gasteiger partial charge in [-0.1, -0.05) is 24.3 Å². The molecule has 16 nitrogen and oxygen atoms in total. The van der Waals surface area contributed by atoms with Crippen molar-refractivity contribution in [3.8, 4) is 22.8 Å². The van der Waals surface area contributed by atoms with Crippen LogP contribution in [0.3, 0.4) is 0 Å².